The molecule has 2 rings (SSSR count). The molecule has 2 aromatic rings. The number of nitrogens with zero attached hydrogens (tertiary/aromatic N) is 2. The molecule has 0 spiro atoms. The van der Waals surface area contributed by atoms with E-state index in [4.69, 9.17) is 10.3 Å². The molecule has 19 heavy (non-hydrogen) atoms. The van der Waals surface area contributed by atoms with Crippen LogP contribution in [0.1, 0.15) is 24.2 Å². The number of hydrogen-bond acceptors (Lipinski definition) is 5. The van der Waals surface area contributed by atoms with Gasteiger partial charge in [0.15, 0.2) is 5.82 Å². The van der Waals surface area contributed by atoms with Gasteiger partial charge in [0.25, 0.3) is 0 Å². The first kappa shape index (κ1) is 13.6. The minimum absolute atomic E-state index is 0.114. The van der Waals surface area contributed by atoms with Gasteiger partial charge in [0.1, 0.15) is 5.82 Å². The molecule has 1 aromatic heterocycles. The first-order chi connectivity index (χ1) is 8.98. The van der Waals surface area contributed by atoms with Gasteiger partial charge in [0.05, 0.1) is 12.0 Å². The van der Waals surface area contributed by atoms with E-state index in [-0.39, 0.29) is 18.8 Å². The van der Waals surface area contributed by atoms with Gasteiger partial charge in [-0.25, -0.2) is 4.39 Å². The lowest BCUT2D eigenvalue weighted by Crippen LogP contribution is -2.36. The van der Waals surface area contributed by atoms with E-state index < -0.39 is 5.60 Å². The normalized spacial score (nSPS) is 14.3. The molecular weight excluding hydrogens is 249 g/mol. The van der Waals surface area contributed by atoms with Crippen molar-refractivity contribution >= 4 is 0 Å². The molecule has 5 nitrogen and oxygen atoms in total. The number of nitrogens with two attached hydrogens (primary N) is 1. The summed E-state index contributed by atoms with van der Waals surface area (Å²) in [6.45, 7) is 1.72. The smallest absolute Gasteiger partial charge is 0.229 e. The molecule has 1 atom stereocenters. The first-order valence-corrected chi connectivity index (χ1v) is 5.97. The van der Waals surface area contributed by atoms with E-state index >= 15 is 0 Å². The topological polar surface area (TPSA) is 85.2 Å². The fourth-order valence-electron chi connectivity index (χ4n) is 1.62. The van der Waals surface area contributed by atoms with Crippen molar-refractivity contribution in [2.45, 2.75) is 25.4 Å². The Balaban J connectivity index is 2.03. The van der Waals surface area contributed by atoms with Crippen LogP contribution in [0.4, 0.5) is 4.39 Å². The number of benzene rings is 1. The summed E-state index contributed by atoms with van der Waals surface area (Å²) < 4.78 is 17.8. The van der Waals surface area contributed by atoms with Crippen LogP contribution in [-0.2, 0) is 12.8 Å². The summed E-state index contributed by atoms with van der Waals surface area (Å²) in [4.78, 5) is 4.17. The average molecular weight is 265 g/mol. The second kappa shape index (κ2) is 5.46. The van der Waals surface area contributed by atoms with Gasteiger partial charge < -0.3 is 15.4 Å². The molecule has 0 fully saturated rings. The van der Waals surface area contributed by atoms with Crippen LogP contribution in [0.3, 0.4) is 0 Å². The second-order valence-corrected chi connectivity index (χ2v) is 4.79. The Bertz CT molecular complexity index is 537. The summed E-state index contributed by atoms with van der Waals surface area (Å²) in [5, 5.41) is 13.6. The molecule has 0 amide bonds. The highest BCUT2D eigenvalue weighted by Gasteiger charge is 2.22. The second-order valence-electron chi connectivity index (χ2n) is 4.79. The van der Waals surface area contributed by atoms with Gasteiger partial charge in [0, 0.05) is 13.0 Å². The van der Waals surface area contributed by atoms with Crippen LogP contribution < -0.4 is 5.73 Å². The third-order valence-corrected chi connectivity index (χ3v) is 2.76. The minimum Gasteiger partial charge on any atom is -0.388 e. The van der Waals surface area contributed by atoms with E-state index in [1.54, 1.807) is 19.1 Å². The maximum Gasteiger partial charge on any atom is 0.229 e. The summed E-state index contributed by atoms with van der Waals surface area (Å²) >= 11 is 0. The zero-order chi connectivity index (χ0) is 13.9. The third-order valence-electron chi connectivity index (χ3n) is 2.76. The molecule has 0 bridgehead atoms. The lowest BCUT2D eigenvalue weighted by atomic mass is 10.0. The molecule has 1 heterocycles. The molecule has 1 aromatic carbocycles. The molecule has 6 heteroatoms. The van der Waals surface area contributed by atoms with Crippen molar-refractivity contribution in [3.63, 3.8) is 0 Å². The predicted octanol–water partition coefficient (Wildman–Crippen LogP) is 1.05. The van der Waals surface area contributed by atoms with Crippen LogP contribution in [0, 0.1) is 5.82 Å². The predicted molar refractivity (Wildman–Crippen MR) is 66.9 cm³/mol. The zero-order valence-electron chi connectivity index (χ0n) is 10.6. The summed E-state index contributed by atoms with van der Waals surface area (Å²) in [6, 6.07) is 6.11. The van der Waals surface area contributed by atoms with Crippen molar-refractivity contribution in [3.8, 4) is 0 Å². The molecule has 0 aliphatic heterocycles. The van der Waals surface area contributed by atoms with Crippen molar-refractivity contribution < 1.29 is 14.0 Å². The molecule has 0 saturated heterocycles. The van der Waals surface area contributed by atoms with Gasteiger partial charge in [0.2, 0.25) is 5.89 Å². The molecular formula is C13H16FN3O2. The molecule has 0 aliphatic carbocycles. The SMILES string of the molecule is CC(O)(CN)Cc1nc(Cc2ccc(F)cc2)no1. The van der Waals surface area contributed by atoms with E-state index in [0.29, 0.717) is 18.1 Å². The van der Waals surface area contributed by atoms with Crippen molar-refractivity contribution in [2.75, 3.05) is 6.54 Å². The highest BCUT2D eigenvalue weighted by atomic mass is 19.1. The maximum atomic E-state index is 12.8. The Labute approximate surface area is 110 Å². The monoisotopic (exact) mass is 265 g/mol. The summed E-state index contributed by atoms with van der Waals surface area (Å²) in [5.74, 6) is 0.554. The molecule has 0 saturated carbocycles. The van der Waals surface area contributed by atoms with Crippen molar-refractivity contribution in [2.24, 2.45) is 5.73 Å². The fraction of sp³-hybridized carbons (Fsp3) is 0.385. The first-order valence-electron chi connectivity index (χ1n) is 5.97. The van der Waals surface area contributed by atoms with Crippen LogP contribution in [-0.4, -0.2) is 27.4 Å². The maximum absolute atomic E-state index is 12.8. The highest BCUT2D eigenvalue weighted by molar-refractivity contribution is 5.19. The summed E-state index contributed by atoms with van der Waals surface area (Å²) in [7, 11) is 0. The molecule has 0 aliphatic rings. The summed E-state index contributed by atoms with van der Waals surface area (Å²) in [5.41, 5.74) is 5.26. The molecule has 102 valence electrons. The van der Waals surface area contributed by atoms with E-state index in [1.807, 2.05) is 0 Å². The van der Waals surface area contributed by atoms with Crippen molar-refractivity contribution in [1.29, 1.82) is 0 Å². The van der Waals surface area contributed by atoms with Gasteiger partial charge in [-0.3, -0.25) is 0 Å². The van der Waals surface area contributed by atoms with E-state index in [0.717, 1.165) is 5.56 Å². The fourth-order valence-corrected chi connectivity index (χ4v) is 1.62. The standard InChI is InChI=1S/C13H16FN3O2/c1-13(18,8-15)7-12-16-11(17-19-12)6-9-2-4-10(14)5-3-9/h2-5,18H,6-8,15H2,1H3. The van der Waals surface area contributed by atoms with Gasteiger partial charge in [-0.2, -0.15) is 4.98 Å². The Kier molecular flexibility index (Phi) is 3.92. The van der Waals surface area contributed by atoms with E-state index in [9.17, 15) is 9.50 Å². The Morgan fingerprint density at radius 1 is 1.37 bits per heavy atom. The number of hydrogen-bond donors (Lipinski definition) is 2. The zero-order valence-corrected chi connectivity index (χ0v) is 10.6. The third kappa shape index (κ3) is 3.84. The van der Waals surface area contributed by atoms with Crippen LogP contribution in [0.15, 0.2) is 28.8 Å². The van der Waals surface area contributed by atoms with Gasteiger partial charge >= 0.3 is 0 Å². The molecule has 1 unspecified atom stereocenters. The van der Waals surface area contributed by atoms with Gasteiger partial charge in [-0.05, 0) is 24.6 Å². The van der Waals surface area contributed by atoms with Crippen LogP contribution in [0.25, 0.3) is 0 Å². The number of rotatable bonds is 5. The number of aromatic nitrogens is 2. The molecule has 0 radical (unpaired) electrons. The van der Waals surface area contributed by atoms with E-state index in [2.05, 4.69) is 10.1 Å². The number of halogens is 1. The quantitative estimate of drug-likeness (QED) is 0.844. The van der Waals surface area contributed by atoms with Crippen LogP contribution >= 0.6 is 0 Å². The largest absolute Gasteiger partial charge is 0.388 e. The average Bonchev–Trinajstić information content (AvgIpc) is 2.79. The lowest BCUT2D eigenvalue weighted by molar-refractivity contribution is 0.0610. The minimum atomic E-state index is -1.06. The lowest BCUT2D eigenvalue weighted by Gasteiger charge is -2.17. The van der Waals surface area contributed by atoms with Crippen LogP contribution in [0.5, 0.6) is 0 Å². The van der Waals surface area contributed by atoms with E-state index in [1.165, 1.54) is 12.1 Å². The highest BCUT2D eigenvalue weighted by Crippen LogP contribution is 2.12. The van der Waals surface area contributed by atoms with Crippen molar-refractivity contribution in [3.05, 3.63) is 47.4 Å². The van der Waals surface area contributed by atoms with Crippen LogP contribution in [0.2, 0.25) is 0 Å². The molecule has 3 N–H and O–H groups in total. The van der Waals surface area contributed by atoms with Gasteiger partial charge in [-0.15, -0.1) is 0 Å². The Morgan fingerprint density at radius 2 is 2.05 bits per heavy atom. The Hall–Kier alpha value is -1.79. The Morgan fingerprint density at radius 3 is 2.68 bits per heavy atom. The summed E-state index contributed by atoms with van der Waals surface area (Å²) in [6.07, 6.45) is 0.661. The van der Waals surface area contributed by atoms with Gasteiger partial charge in [-0.1, -0.05) is 17.3 Å². The number of aliphatic hydroxyl groups is 1. The van der Waals surface area contributed by atoms with Crippen molar-refractivity contribution in [1.82, 2.24) is 10.1 Å².